The number of rotatable bonds is 8. The van der Waals surface area contributed by atoms with E-state index in [1.165, 1.54) is 18.7 Å². The molecule has 20 heavy (non-hydrogen) atoms. The van der Waals surface area contributed by atoms with Gasteiger partial charge in [0.25, 0.3) is 0 Å². The Morgan fingerprint density at radius 2 is 1.85 bits per heavy atom. The minimum atomic E-state index is -0.417. The van der Waals surface area contributed by atoms with E-state index in [4.69, 9.17) is 9.47 Å². The minimum absolute atomic E-state index is 0.00561. The lowest BCUT2D eigenvalue weighted by atomic mass is 10.0. The topological polar surface area (TPSA) is 44.8 Å². The number of ether oxygens (including phenoxy) is 3. The second-order valence-corrected chi connectivity index (χ2v) is 4.42. The molecule has 1 aromatic carbocycles. The van der Waals surface area contributed by atoms with Gasteiger partial charge in [0.15, 0.2) is 0 Å². The van der Waals surface area contributed by atoms with Crippen LogP contribution in [0.25, 0.3) is 0 Å². The molecule has 0 aromatic heterocycles. The van der Waals surface area contributed by atoms with Gasteiger partial charge in [0.1, 0.15) is 5.76 Å². The molecule has 0 saturated carbocycles. The molecule has 0 spiro atoms. The summed E-state index contributed by atoms with van der Waals surface area (Å²) < 4.78 is 15.2. The Morgan fingerprint density at radius 1 is 1.15 bits per heavy atom. The van der Waals surface area contributed by atoms with E-state index in [0.29, 0.717) is 12.2 Å². The first-order chi connectivity index (χ1) is 9.69. The molecule has 0 heterocycles. The molecular weight excluding hydrogens is 256 g/mol. The summed E-state index contributed by atoms with van der Waals surface area (Å²) in [5, 5.41) is 0. The van der Waals surface area contributed by atoms with E-state index in [0.717, 1.165) is 12.8 Å². The van der Waals surface area contributed by atoms with Gasteiger partial charge in [-0.05, 0) is 18.4 Å². The molecule has 0 N–H and O–H groups in total. The quantitative estimate of drug-likeness (QED) is 0.417. The summed E-state index contributed by atoms with van der Waals surface area (Å²) >= 11 is 0. The lowest BCUT2D eigenvalue weighted by molar-refractivity contribution is -0.135. The molecule has 110 valence electrons. The number of carbonyl (C=O) groups is 1. The van der Waals surface area contributed by atoms with Crippen molar-refractivity contribution in [3.05, 3.63) is 47.7 Å². The van der Waals surface area contributed by atoms with Gasteiger partial charge in [0.05, 0.1) is 26.4 Å². The Balaban J connectivity index is 2.53. The van der Waals surface area contributed by atoms with Gasteiger partial charge in [-0.25, -0.2) is 4.79 Å². The summed E-state index contributed by atoms with van der Waals surface area (Å²) in [5.74, 6) is 0.150. The van der Waals surface area contributed by atoms with E-state index in [9.17, 15) is 4.79 Å². The highest BCUT2D eigenvalue weighted by Gasteiger charge is 2.12. The van der Waals surface area contributed by atoms with Crippen LogP contribution >= 0.6 is 0 Å². The van der Waals surface area contributed by atoms with Crippen LogP contribution in [0.3, 0.4) is 0 Å². The first kappa shape index (κ1) is 16.2. The number of hydrogen-bond donors (Lipinski definition) is 0. The van der Waals surface area contributed by atoms with Crippen LogP contribution < -0.4 is 0 Å². The third kappa shape index (κ3) is 5.89. The molecular formula is C16H22O4. The fourth-order valence-electron chi connectivity index (χ4n) is 1.89. The smallest absolute Gasteiger partial charge is 0.333 e. The number of methoxy groups -OCH3 is 3. The van der Waals surface area contributed by atoms with Gasteiger partial charge >= 0.3 is 5.97 Å². The Labute approximate surface area is 120 Å². The molecule has 4 heteroatoms. The molecule has 4 nitrogen and oxygen atoms in total. The predicted octanol–water partition coefficient (Wildman–Crippen LogP) is 2.73. The van der Waals surface area contributed by atoms with Crippen molar-refractivity contribution in [3.8, 4) is 0 Å². The van der Waals surface area contributed by atoms with Gasteiger partial charge in [-0.15, -0.1) is 0 Å². The average Bonchev–Trinajstić information content (AvgIpc) is 2.50. The number of aryl methyl sites for hydroxylation is 1. The molecule has 1 aromatic rings. The molecule has 0 aliphatic carbocycles. The van der Waals surface area contributed by atoms with Gasteiger partial charge in [0, 0.05) is 13.5 Å². The van der Waals surface area contributed by atoms with Crippen molar-refractivity contribution in [1.29, 1.82) is 0 Å². The monoisotopic (exact) mass is 278 g/mol. The van der Waals surface area contributed by atoms with Crippen LogP contribution in [0.1, 0.15) is 18.4 Å². The van der Waals surface area contributed by atoms with E-state index >= 15 is 0 Å². The molecule has 0 amide bonds. The van der Waals surface area contributed by atoms with Crippen LogP contribution in [0.15, 0.2) is 42.2 Å². The molecule has 0 aliphatic rings. The summed E-state index contributed by atoms with van der Waals surface area (Å²) in [4.78, 5) is 11.2. The summed E-state index contributed by atoms with van der Waals surface area (Å²) in [5.41, 5.74) is 1.27. The minimum Gasteiger partial charge on any atom is -0.501 e. The fourth-order valence-corrected chi connectivity index (χ4v) is 1.89. The lowest BCUT2D eigenvalue weighted by Crippen LogP contribution is -2.14. The SMILES string of the molecule is COC(=O)/C=C(\CC(CCc1ccccc1)OC)OC. The predicted molar refractivity (Wildman–Crippen MR) is 77.3 cm³/mol. The van der Waals surface area contributed by atoms with E-state index in [1.807, 2.05) is 18.2 Å². The number of benzene rings is 1. The maximum absolute atomic E-state index is 11.2. The van der Waals surface area contributed by atoms with E-state index < -0.39 is 5.97 Å². The summed E-state index contributed by atoms with van der Waals surface area (Å²) in [6.45, 7) is 0. The third-order valence-corrected chi connectivity index (χ3v) is 3.10. The molecule has 0 radical (unpaired) electrons. The zero-order chi connectivity index (χ0) is 14.8. The van der Waals surface area contributed by atoms with Gasteiger partial charge < -0.3 is 14.2 Å². The van der Waals surface area contributed by atoms with E-state index in [1.54, 1.807) is 14.2 Å². The van der Waals surface area contributed by atoms with Crippen molar-refractivity contribution in [2.45, 2.75) is 25.4 Å². The van der Waals surface area contributed by atoms with Gasteiger partial charge in [0.2, 0.25) is 0 Å². The number of carbonyl (C=O) groups excluding carboxylic acids is 1. The summed E-state index contributed by atoms with van der Waals surface area (Å²) in [6.07, 6.45) is 3.70. The Bertz CT molecular complexity index is 425. The average molecular weight is 278 g/mol. The van der Waals surface area contributed by atoms with Crippen molar-refractivity contribution < 1.29 is 19.0 Å². The maximum Gasteiger partial charge on any atom is 0.333 e. The third-order valence-electron chi connectivity index (χ3n) is 3.10. The van der Waals surface area contributed by atoms with Crippen LogP contribution in [-0.2, 0) is 25.4 Å². The summed E-state index contributed by atoms with van der Waals surface area (Å²) in [7, 11) is 4.55. The zero-order valence-electron chi connectivity index (χ0n) is 12.3. The molecule has 0 fully saturated rings. The van der Waals surface area contributed by atoms with Gasteiger partial charge in [-0.3, -0.25) is 0 Å². The molecule has 0 bridgehead atoms. The first-order valence-electron chi connectivity index (χ1n) is 6.58. The standard InChI is InChI=1S/C16H22O4/c1-18-14(10-9-13-7-5-4-6-8-13)11-15(19-2)12-16(17)20-3/h4-8,12,14H,9-11H2,1-3H3/b15-12+. The van der Waals surface area contributed by atoms with Crippen molar-refractivity contribution in [2.24, 2.45) is 0 Å². The maximum atomic E-state index is 11.2. The second kappa shape index (κ2) is 9.15. The van der Waals surface area contributed by atoms with E-state index in [2.05, 4.69) is 16.9 Å². The van der Waals surface area contributed by atoms with Gasteiger partial charge in [-0.1, -0.05) is 30.3 Å². The van der Waals surface area contributed by atoms with Gasteiger partial charge in [-0.2, -0.15) is 0 Å². The normalized spacial score (nSPS) is 12.8. The first-order valence-corrected chi connectivity index (χ1v) is 6.58. The highest BCUT2D eigenvalue weighted by atomic mass is 16.5. The van der Waals surface area contributed by atoms with Crippen LogP contribution in [0, 0.1) is 0 Å². The van der Waals surface area contributed by atoms with Crippen LogP contribution in [0.5, 0.6) is 0 Å². The molecule has 1 rings (SSSR count). The van der Waals surface area contributed by atoms with E-state index in [-0.39, 0.29) is 6.10 Å². The number of hydrogen-bond acceptors (Lipinski definition) is 4. The lowest BCUT2D eigenvalue weighted by Gasteiger charge is -2.16. The largest absolute Gasteiger partial charge is 0.501 e. The molecule has 1 unspecified atom stereocenters. The van der Waals surface area contributed by atoms with Crippen molar-refractivity contribution >= 4 is 5.97 Å². The zero-order valence-corrected chi connectivity index (χ0v) is 12.3. The second-order valence-electron chi connectivity index (χ2n) is 4.42. The van der Waals surface area contributed by atoms with Crippen LogP contribution in [-0.4, -0.2) is 33.4 Å². The highest BCUT2D eigenvalue weighted by molar-refractivity contribution is 5.82. The fraction of sp³-hybridized carbons (Fsp3) is 0.438. The number of esters is 1. The van der Waals surface area contributed by atoms with Crippen molar-refractivity contribution in [1.82, 2.24) is 0 Å². The highest BCUT2D eigenvalue weighted by Crippen LogP contribution is 2.15. The van der Waals surface area contributed by atoms with Crippen LogP contribution in [0.2, 0.25) is 0 Å². The van der Waals surface area contributed by atoms with Crippen LogP contribution in [0.4, 0.5) is 0 Å². The Kier molecular flexibility index (Phi) is 7.43. The van der Waals surface area contributed by atoms with Crippen molar-refractivity contribution in [3.63, 3.8) is 0 Å². The molecule has 0 aliphatic heterocycles. The molecule has 0 saturated heterocycles. The van der Waals surface area contributed by atoms with Crippen molar-refractivity contribution in [2.75, 3.05) is 21.3 Å². The summed E-state index contributed by atoms with van der Waals surface area (Å²) in [6, 6.07) is 10.2. The molecule has 1 atom stereocenters. The Morgan fingerprint density at radius 3 is 2.40 bits per heavy atom. The Hall–Kier alpha value is -1.81.